The molecule has 23 heavy (non-hydrogen) atoms. The maximum Gasteiger partial charge on any atom is 0.240 e. The summed E-state index contributed by atoms with van der Waals surface area (Å²) < 4.78 is 0. The van der Waals surface area contributed by atoms with Crippen LogP contribution in [-0.2, 0) is 0 Å². The van der Waals surface area contributed by atoms with E-state index in [0.717, 1.165) is 22.4 Å². The molecule has 0 spiro atoms. The standard InChI is InChI=1S/C16H15N7/c1-22(2)12-8-9-13-14(10-12)18-15(17-13)16-19-21-23(20-16)11-6-4-3-5-7-11/h3-10H,1-2H3,(H,17,18). The highest BCUT2D eigenvalue weighted by atomic mass is 15.6. The van der Waals surface area contributed by atoms with E-state index < -0.39 is 0 Å². The minimum absolute atomic E-state index is 0.469. The number of para-hydroxylation sites is 1. The van der Waals surface area contributed by atoms with Gasteiger partial charge in [-0.1, -0.05) is 18.2 Å². The number of hydrogen-bond donors (Lipinski definition) is 1. The van der Waals surface area contributed by atoms with Crippen LogP contribution in [-0.4, -0.2) is 44.3 Å². The molecule has 0 unspecified atom stereocenters. The van der Waals surface area contributed by atoms with Gasteiger partial charge in [0.25, 0.3) is 0 Å². The molecule has 0 radical (unpaired) electrons. The summed E-state index contributed by atoms with van der Waals surface area (Å²) in [4.78, 5) is 11.3. The highest BCUT2D eigenvalue weighted by Crippen LogP contribution is 2.22. The van der Waals surface area contributed by atoms with Crippen LogP contribution >= 0.6 is 0 Å². The van der Waals surface area contributed by atoms with Crippen LogP contribution in [0.4, 0.5) is 5.69 Å². The summed E-state index contributed by atoms with van der Waals surface area (Å²) in [6.07, 6.45) is 0. The van der Waals surface area contributed by atoms with Crippen LogP contribution in [0.2, 0.25) is 0 Å². The number of nitrogens with one attached hydrogen (secondary N) is 1. The van der Waals surface area contributed by atoms with Gasteiger partial charge in [-0.2, -0.15) is 0 Å². The van der Waals surface area contributed by atoms with E-state index in [0.29, 0.717) is 11.6 Å². The van der Waals surface area contributed by atoms with Crippen LogP contribution in [0.3, 0.4) is 0 Å². The molecule has 0 fully saturated rings. The second kappa shape index (κ2) is 5.20. The molecule has 0 amide bonds. The molecule has 7 nitrogen and oxygen atoms in total. The molecule has 1 N–H and O–H groups in total. The predicted molar refractivity (Wildman–Crippen MR) is 88.6 cm³/mol. The number of benzene rings is 2. The summed E-state index contributed by atoms with van der Waals surface area (Å²) >= 11 is 0. The first kappa shape index (κ1) is 13.4. The maximum atomic E-state index is 4.54. The molecule has 0 saturated heterocycles. The summed E-state index contributed by atoms with van der Waals surface area (Å²) in [5.41, 5.74) is 3.79. The van der Waals surface area contributed by atoms with Crippen LogP contribution in [0.25, 0.3) is 28.4 Å². The lowest BCUT2D eigenvalue weighted by atomic mass is 10.2. The summed E-state index contributed by atoms with van der Waals surface area (Å²) in [6.45, 7) is 0. The number of hydrogen-bond acceptors (Lipinski definition) is 5. The van der Waals surface area contributed by atoms with Crippen molar-refractivity contribution in [1.82, 2.24) is 30.2 Å². The lowest BCUT2D eigenvalue weighted by Crippen LogP contribution is -2.07. The van der Waals surface area contributed by atoms with Crippen LogP contribution in [0.1, 0.15) is 0 Å². The lowest BCUT2D eigenvalue weighted by Gasteiger charge is -2.11. The number of anilines is 1. The Morgan fingerprint density at radius 1 is 1.04 bits per heavy atom. The van der Waals surface area contributed by atoms with Gasteiger partial charge in [-0.15, -0.1) is 15.0 Å². The molecule has 0 aliphatic heterocycles. The molecule has 7 heteroatoms. The van der Waals surface area contributed by atoms with Crippen molar-refractivity contribution in [2.45, 2.75) is 0 Å². The van der Waals surface area contributed by atoms with Gasteiger partial charge in [0.05, 0.1) is 16.7 Å². The van der Waals surface area contributed by atoms with E-state index in [9.17, 15) is 0 Å². The molecular weight excluding hydrogens is 290 g/mol. The van der Waals surface area contributed by atoms with Crippen molar-refractivity contribution in [2.75, 3.05) is 19.0 Å². The number of aromatic amines is 1. The number of rotatable bonds is 3. The Labute approximate surface area is 132 Å². The van der Waals surface area contributed by atoms with Crippen LogP contribution < -0.4 is 4.90 Å². The van der Waals surface area contributed by atoms with Crippen molar-refractivity contribution in [3.8, 4) is 17.3 Å². The van der Waals surface area contributed by atoms with E-state index in [1.807, 2.05) is 67.5 Å². The zero-order chi connectivity index (χ0) is 15.8. The lowest BCUT2D eigenvalue weighted by molar-refractivity contribution is 0.720. The van der Waals surface area contributed by atoms with Crippen molar-refractivity contribution in [2.24, 2.45) is 0 Å². The fraction of sp³-hybridized carbons (Fsp3) is 0.125. The van der Waals surface area contributed by atoms with Crippen LogP contribution in [0, 0.1) is 0 Å². The first-order valence-corrected chi connectivity index (χ1v) is 7.23. The minimum atomic E-state index is 0.469. The molecule has 2 aromatic heterocycles. The third kappa shape index (κ3) is 2.42. The summed E-state index contributed by atoms with van der Waals surface area (Å²) in [7, 11) is 4.01. The SMILES string of the molecule is CN(C)c1ccc2nc(-c3nnn(-c4ccccc4)n3)[nH]c2c1. The Bertz CT molecular complexity index is 953. The topological polar surface area (TPSA) is 75.5 Å². The number of imidazole rings is 1. The number of tetrazole rings is 1. The van der Waals surface area contributed by atoms with Gasteiger partial charge in [0.2, 0.25) is 5.82 Å². The Balaban J connectivity index is 1.73. The first-order valence-electron chi connectivity index (χ1n) is 7.23. The Hall–Kier alpha value is -3.22. The number of aromatic nitrogens is 6. The third-order valence-corrected chi connectivity index (χ3v) is 3.59. The fourth-order valence-electron chi connectivity index (χ4n) is 2.36. The van der Waals surface area contributed by atoms with Crippen molar-refractivity contribution in [3.63, 3.8) is 0 Å². The van der Waals surface area contributed by atoms with Gasteiger partial charge in [0.1, 0.15) is 0 Å². The zero-order valence-electron chi connectivity index (χ0n) is 12.8. The highest BCUT2D eigenvalue weighted by Gasteiger charge is 2.12. The Morgan fingerprint density at radius 2 is 1.87 bits per heavy atom. The fourth-order valence-corrected chi connectivity index (χ4v) is 2.36. The molecule has 0 saturated carbocycles. The van der Waals surface area contributed by atoms with E-state index in [1.165, 1.54) is 4.80 Å². The maximum absolute atomic E-state index is 4.54. The largest absolute Gasteiger partial charge is 0.378 e. The van der Waals surface area contributed by atoms with Gasteiger partial charge in [-0.25, -0.2) is 4.98 Å². The van der Waals surface area contributed by atoms with Gasteiger partial charge in [0, 0.05) is 19.8 Å². The van der Waals surface area contributed by atoms with Crippen molar-refractivity contribution in [3.05, 3.63) is 48.5 Å². The smallest absolute Gasteiger partial charge is 0.240 e. The highest BCUT2D eigenvalue weighted by molar-refractivity contribution is 5.82. The molecule has 4 aromatic rings. The van der Waals surface area contributed by atoms with Gasteiger partial charge < -0.3 is 9.88 Å². The monoisotopic (exact) mass is 305 g/mol. The number of fused-ring (bicyclic) bond motifs is 1. The van der Waals surface area contributed by atoms with Gasteiger partial charge in [0.15, 0.2) is 5.82 Å². The normalized spacial score (nSPS) is 11.0. The van der Waals surface area contributed by atoms with Crippen LogP contribution in [0.5, 0.6) is 0 Å². The number of nitrogens with zero attached hydrogens (tertiary/aromatic N) is 6. The number of H-pyrrole nitrogens is 1. The Morgan fingerprint density at radius 3 is 2.65 bits per heavy atom. The van der Waals surface area contributed by atoms with Crippen molar-refractivity contribution in [1.29, 1.82) is 0 Å². The van der Waals surface area contributed by atoms with Crippen LogP contribution in [0.15, 0.2) is 48.5 Å². The summed E-state index contributed by atoms with van der Waals surface area (Å²) in [5.74, 6) is 1.08. The van der Waals surface area contributed by atoms with Gasteiger partial charge in [-0.05, 0) is 35.5 Å². The van der Waals surface area contributed by atoms with Crippen molar-refractivity contribution < 1.29 is 0 Å². The molecule has 114 valence electrons. The molecule has 0 bridgehead atoms. The van der Waals surface area contributed by atoms with E-state index in [-0.39, 0.29) is 0 Å². The molecule has 0 aliphatic carbocycles. The average molecular weight is 305 g/mol. The molecule has 2 heterocycles. The van der Waals surface area contributed by atoms with Crippen molar-refractivity contribution >= 4 is 16.7 Å². The predicted octanol–water partition coefficient (Wildman–Crippen LogP) is 2.27. The summed E-state index contributed by atoms with van der Waals surface area (Å²) in [5, 5.41) is 12.6. The molecule has 2 aromatic carbocycles. The Kier molecular flexibility index (Phi) is 3.04. The minimum Gasteiger partial charge on any atom is -0.378 e. The van der Waals surface area contributed by atoms with Gasteiger partial charge >= 0.3 is 0 Å². The molecule has 4 rings (SSSR count). The van der Waals surface area contributed by atoms with Gasteiger partial charge in [-0.3, -0.25) is 0 Å². The molecule has 0 atom stereocenters. The third-order valence-electron chi connectivity index (χ3n) is 3.59. The second-order valence-electron chi connectivity index (χ2n) is 5.42. The molecular formula is C16H15N7. The quantitative estimate of drug-likeness (QED) is 0.628. The average Bonchev–Trinajstić information content (AvgIpc) is 3.21. The summed E-state index contributed by atoms with van der Waals surface area (Å²) in [6, 6.07) is 15.7. The molecule has 0 aliphatic rings. The zero-order valence-corrected chi connectivity index (χ0v) is 12.8. The second-order valence-corrected chi connectivity index (χ2v) is 5.42. The van der Waals surface area contributed by atoms with E-state index in [4.69, 9.17) is 0 Å². The van der Waals surface area contributed by atoms with E-state index in [2.05, 4.69) is 25.4 Å². The van der Waals surface area contributed by atoms with E-state index >= 15 is 0 Å². The van der Waals surface area contributed by atoms with E-state index in [1.54, 1.807) is 0 Å². The first-order chi connectivity index (χ1) is 11.2.